The molecule has 2 nitrogen and oxygen atoms in total. The van der Waals surface area contributed by atoms with Gasteiger partial charge in [-0.15, -0.1) is 0 Å². The lowest BCUT2D eigenvalue weighted by atomic mass is 9.69. The number of allylic oxidation sites excluding steroid dienone is 2. The molecule has 4 bridgehead atoms. The van der Waals surface area contributed by atoms with Crippen LogP contribution in [0, 0.1) is 41.4 Å². The first-order chi connectivity index (χ1) is 11.3. The van der Waals surface area contributed by atoms with E-state index in [0.29, 0.717) is 11.7 Å². The van der Waals surface area contributed by atoms with Gasteiger partial charge in [-0.2, -0.15) is 0 Å². The van der Waals surface area contributed by atoms with Crippen molar-refractivity contribution in [3.63, 3.8) is 0 Å². The highest BCUT2D eigenvalue weighted by molar-refractivity contribution is 5.76. The van der Waals surface area contributed by atoms with Crippen LogP contribution in [0.25, 0.3) is 0 Å². The Labute approximate surface area is 138 Å². The molecule has 0 N–H and O–H groups in total. The van der Waals surface area contributed by atoms with Crippen molar-refractivity contribution < 1.29 is 9.53 Å². The quantitative estimate of drug-likeness (QED) is 0.342. The molecule has 3 saturated carbocycles. The molecule has 0 amide bonds. The number of benzene rings is 1. The van der Waals surface area contributed by atoms with E-state index in [1.807, 2.05) is 44.2 Å². The summed E-state index contributed by atoms with van der Waals surface area (Å²) in [6.07, 6.45) is 8.55. The van der Waals surface area contributed by atoms with E-state index < -0.39 is 0 Å². The Morgan fingerprint density at radius 3 is 2.39 bits per heavy atom. The zero-order chi connectivity index (χ0) is 16.0. The largest absolute Gasteiger partial charge is 0.426 e. The number of ether oxygens (including phenoxy) is 1. The minimum Gasteiger partial charge on any atom is -0.426 e. The fourth-order valence-corrected chi connectivity index (χ4v) is 5.97. The first kappa shape index (κ1) is 15.0. The summed E-state index contributed by atoms with van der Waals surface area (Å²) in [5.41, 5.74) is 0. The molecule has 7 atom stereocenters. The van der Waals surface area contributed by atoms with Gasteiger partial charge in [-0.05, 0) is 66.9 Å². The summed E-state index contributed by atoms with van der Waals surface area (Å²) in [7, 11) is 0. The maximum absolute atomic E-state index is 12.6. The van der Waals surface area contributed by atoms with E-state index in [-0.39, 0.29) is 11.9 Å². The second-order valence-corrected chi connectivity index (χ2v) is 7.34. The normalized spacial score (nSPS) is 41.4. The average molecular weight is 310 g/mol. The SMILES string of the molecule is CC.O=C(Oc1ccccc1)C1CC2CC1C1C3C=CC(C3)C21. The number of fused-ring (bicyclic) bond motifs is 9. The lowest BCUT2D eigenvalue weighted by Crippen LogP contribution is -2.36. The Hall–Kier alpha value is -1.57. The van der Waals surface area contributed by atoms with Crippen molar-refractivity contribution in [1.82, 2.24) is 0 Å². The average Bonchev–Trinajstić information content (AvgIpc) is 3.36. The van der Waals surface area contributed by atoms with Gasteiger partial charge in [0.25, 0.3) is 0 Å². The van der Waals surface area contributed by atoms with Gasteiger partial charge in [0.2, 0.25) is 0 Å². The monoisotopic (exact) mass is 310 g/mol. The zero-order valence-corrected chi connectivity index (χ0v) is 14.0. The van der Waals surface area contributed by atoms with E-state index in [2.05, 4.69) is 12.2 Å². The molecule has 0 radical (unpaired) electrons. The van der Waals surface area contributed by atoms with Crippen LogP contribution in [0.5, 0.6) is 5.75 Å². The fraction of sp³-hybridized carbons (Fsp3) is 0.571. The summed E-state index contributed by atoms with van der Waals surface area (Å²) >= 11 is 0. The third-order valence-electron chi connectivity index (χ3n) is 6.53. The van der Waals surface area contributed by atoms with Crippen LogP contribution in [0.1, 0.15) is 33.1 Å². The Balaban J connectivity index is 0.000000652. The molecule has 3 fully saturated rings. The van der Waals surface area contributed by atoms with Gasteiger partial charge in [0.1, 0.15) is 5.75 Å². The molecular weight excluding hydrogens is 284 g/mol. The Morgan fingerprint density at radius 1 is 0.957 bits per heavy atom. The van der Waals surface area contributed by atoms with Crippen LogP contribution in [0.4, 0.5) is 0 Å². The van der Waals surface area contributed by atoms with Gasteiger partial charge in [-0.25, -0.2) is 0 Å². The summed E-state index contributed by atoms with van der Waals surface area (Å²) < 4.78 is 5.62. The number of esters is 1. The van der Waals surface area contributed by atoms with Crippen molar-refractivity contribution in [2.45, 2.75) is 33.1 Å². The Morgan fingerprint density at radius 2 is 1.65 bits per heavy atom. The molecule has 2 heteroatoms. The van der Waals surface area contributed by atoms with Gasteiger partial charge in [-0.1, -0.05) is 44.2 Å². The molecule has 4 aliphatic rings. The van der Waals surface area contributed by atoms with E-state index in [1.165, 1.54) is 12.8 Å². The van der Waals surface area contributed by atoms with Crippen molar-refractivity contribution in [3.05, 3.63) is 42.5 Å². The van der Waals surface area contributed by atoms with Crippen LogP contribution in [0.2, 0.25) is 0 Å². The fourth-order valence-electron chi connectivity index (χ4n) is 5.97. The van der Waals surface area contributed by atoms with Gasteiger partial charge >= 0.3 is 5.97 Å². The van der Waals surface area contributed by atoms with E-state index >= 15 is 0 Å². The molecule has 0 aromatic heterocycles. The summed E-state index contributed by atoms with van der Waals surface area (Å²) in [6, 6.07) is 9.52. The third-order valence-corrected chi connectivity index (χ3v) is 6.53. The van der Waals surface area contributed by atoms with E-state index in [9.17, 15) is 4.79 Å². The highest BCUT2D eigenvalue weighted by atomic mass is 16.5. The van der Waals surface area contributed by atoms with Gasteiger partial charge in [-0.3, -0.25) is 4.79 Å². The number of carbonyl (C=O) groups is 1. The molecule has 0 saturated heterocycles. The van der Waals surface area contributed by atoms with E-state index in [0.717, 1.165) is 36.0 Å². The first-order valence-corrected chi connectivity index (χ1v) is 9.26. The summed E-state index contributed by atoms with van der Waals surface area (Å²) in [6.45, 7) is 4.00. The lowest BCUT2D eigenvalue weighted by molar-refractivity contribution is -0.142. The predicted octanol–water partition coefficient (Wildman–Crippen LogP) is 4.71. The number of carbonyl (C=O) groups excluding carboxylic acids is 1. The van der Waals surface area contributed by atoms with Crippen LogP contribution >= 0.6 is 0 Å². The van der Waals surface area contributed by atoms with Crippen molar-refractivity contribution in [2.75, 3.05) is 0 Å². The molecular formula is C21H26O2. The van der Waals surface area contributed by atoms with Crippen LogP contribution in [-0.2, 0) is 4.79 Å². The van der Waals surface area contributed by atoms with Crippen molar-refractivity contribution >= 4 is 5.97 Å². The minimum absolute atomic E-state index is 0.0129. The summed E-state index contributed by atoms with van der Waals surface area (Å²) in [4.78, 5) is 12.6. The second-order valence-electron chi connectivity index (χ2n) is 7.34. The molecule has 0 heterocycles. The van der Waals surface area contributed by atoms with Crippen LogP contribution < -0.4 is 4.74 Å². The van der Waals surface area contributed by atoms with Gasteiger partial charge in [0.15, 0.2) is 0 Å². The van der Waals surface area contributed by atoms with Crippen LogP contribution in [-0.4, -0.2) is 5.97 Å². The van der Waals surface area contributed by atoms with Crippen LogP contribution in [0.3, 0.4) is 0 Å². The molecule has 0 spiro atoms. The molecule has 0 aliphatic heterocycles. The van der Waals surface area contributed by atoms with Gasteiger partial charge in [0, 0.05) is 0 Å². The highest BCUT2D eigenvalue weighted by Gasteiger charge is 2.62. The topological polar surface area (TPSA) is 26.3 Å². The number of para-hydroxylation sites is 1. The van der Waals surface area contributed by atoms with Crippen molar-refractivity contribution in [1.29, 1.82) is 0 Å². The molecule has 122 valence electrons. The second kappa shape index (κ2) is 5.81. The van der Waals surface area contributed by atoms with Gasteiger partial charge < -0.3 is 4.74 Å². The van der Waals surface area contributed by atoms with Crippen molar-refractivity contribution in [3.8, 4) is 5.75 Å². The minimum atomic E-state index is 0.0129. The Kier molecular flexibility index (Phi) is 3.79. The molecule has 7 unspecified atom stereocenters. The number of hydrogen-bond acceptors (Lipinski definition) is 2. The number of hydrogen-bond donors (Lipinski definition) is 0. The van der Waals surface area contributed by atoms with E-state index in [4.69, 9.17) is 4.74 Å². The predicted molar refractivity (Wildman–Crippen MR) is 90.8 cm³/mol. The molecule has 23 heavy (non-hydrogen) atoms. The van der Waals surface area contributed by atoms with Gasteiger partial charge in [0.05, 0.1) is 5.92 Å². The number of rotatable bonds is 2. The molecule has 4 aliphatic carbocycles. The standard InChI is InChI=1S/C19H20O2.C2H6/c20-19(21-14-4-2-1-3-5-14)16-10-13-9-15(16)18-12-7-6-11(8-12)17(13)18;1-2/h1-7,11-13,15-18H,8-10H2;1-2H3. The third kappa shape index (κ3) is 2.26. The maximum Gasteiger partial charge on any atom is 0.314 e. The maximum atomic E-state index is 12.6. The Bertz CT molecular complexity index is 606. The first-order valence-electron chi connectivity index (χ1n) is 9.26. The highest BCUT2D eigenvalue weighted by Crippen LogP contribution is 2.67. The summed E-state index contributed by atoms with van der Waals surface area (Å²) in [5.74, 6) is 5.42. The molecule has 5 rings (SSSR count). The van der Waals surface area contributed by atoms with E-state index in [1.54, 1.807) is 0 Å². The molecule has 1 aromatic rings. The zero-order valence-electron chi connectivity index (χ0n) is 14.0. The molecule has 1 aromatic carbocycles. The summed E-state index contributed by atoms with van der Waals surface area (Å²) in [5, 5.41) is 0. The van der Waals surface area contributed by atoms with Crippen molar-refractivity contribution in [2.24, 2.45) is 41.4 Å². The lowest BCUT2D eigenvalue weighted by Gasteiger charge is -2.35. The van der Waals surface area contributed by atoms with Crippen LogP contribution in [0.15, 0.2) is 42.5 Å². The smallest absolute Gasteiger partial charge is 0.314 e.